The van der Waals surface area contributed by atoms with Crippen molar-refractivity contribution in [2.45, 2.75) is 6.04 Å². The molecule has 1 heterocycles. The molecule has 0 aliphatic heterocycles. The number of para-hydroxylation sites is 1. The Balaban J connectivity index is 2.07. The van der Waals surface area contributed by atoms with E-state index < -0.39 is 0 Å². The third-order valence-corrected chi connectivity index (χ3v) is 3.47. The SMILES string of the molecule is NNC(c1ccc(F)cc1)c1cc2cccc(Cl)c2o1. The molecule has 0 aliphatic rings. The van der Waals surface area contributed by atoms with Gasteiger partial charge < -0.3 is 4.42 Å². The summed E-state index contributed by atoms with van der Waals surface area (Å²) in [6, 6.07) is 13.1. The van der Waals surface area contributed by atoms with Crippen molar-refractivity contribution < 1.29 is 8.81 Å². The maximum absolute atomic E-state index is 13.0. The molecule has 5 heteroatoms. The number of nitrogens with two attached hydrogens (primary N) is 1. The van der Waals surface area contributed by atoms with Gasteiger partial charge >= 0.3 is 0 Å². The number of nitrogens with one attached hydrogen (secondary N) is 1. The molecule has 1 unspecified atom stereocenters. The normalized spacial score (nSPS) is 12.8. The molecule has 0 aliphatic carbocycles. The Bertz CT molecular complexity index is 739. The molecule has 102 valence electrons. The molecule has 3 nitrogen and oxygen atoms in total. The summed E-state index contributed by atoms with van der Waals surface area (Å²) in [7, 11) is 0. The highest BCUT2D eigenvalue weighted by Gasteiger charge is 2.18. The molecule has 0 radical (unpaired) electrons. The lowest BCUT2D eigenvalue weighted by atomic mass is 10.0. The van der Waals surface area contributed by atoms with Crippen LogP contribution >= 0.6 is 11.6 Å². The van der Waals surface area contributed by atoms with Crippen LogP contribution in [0.5, 0.6) is 0 Å². The summed E-state index contributed by atoms with van der Waals surface area (Å²) in [6.07, 6.45) is 0. The van der Waals surface area contributed by atoms with Gasteiger partial charge in [-0.1, -0.05) is 35.9 Å². The Labute approximate surface area is 120 Å². The molecule has 20 heavy (non-hydrogen) atoms. The topological polar surface area (TPSA) is 51.2 Å². The van der Waals surface area contributed by atoms with Gasteiger partial charge in [0.15, 0.2) is 5.58 Å². The second-order valence-corrected chi connectivity index (χ2v) is 4.87. The van der Waals surface area contributed by atoms with Crippen LogP contribution in [0.15, 0.2) is 52.9 Å². The number of hydrazine groups is 1. The fraction of sp³-hybridized carbons (Fsp3) is 0.0667. The largest absolute Gasteiger partial charge is 0.457 e. The average Bonchev–Trinajstić information content (AvgIpc) is 2.87. The van der Waals surface area contributed by atoms with Gasteiger partial charge in [0.05, 0.1) is 5.02 Å². The lowest BCUT2D eigenvalue weighted by Gasteiger charge is -2.13. The fourth-order valence-corrected chi connectivity index (χ4v) is 2.41. The molecular formula is C15H12ClFN2O. The van der Waals surface area contributed by atoms with E-state index in [9.17, 15) is 4.39 Å². The van der Waals surface area contributed by atoms with Crippen LogP contribution in [0.3, 0.4) is 0 Å². The Morgan fingerprint density at radius 1 is 1.15 bits per heavy atom. The molecule has 1 aromatic heterocycles. The van der Waals surface area contributed by atoms with Crippen LogP contribution in [0.4, 0.5) is 4.39 Å². The van der Waals surface area contributed by atoms with Gasteiger partial charge in [0.2, 0.25) is 0 Å². The van der Waals surface area contributed by atoms with E-state index in [0.717, 1.165) is 10.9 Å². The van der Waals surface area contributed by atoms with Crippen LogP contribution in [0.1, 0.15) is 17.4 Å². The smallest absolute Gasteiger partial charge is 0.152 e. The molecule has 0 amide bonds. The van der Waals surface area contributed by atoms with Crippen molar-refractivity contribution in [3.05, 3.63) is 70.7 Å². The van der Waals surface area contributed by atoms with Crippen LogP contribution in [0.25, 0.3) is 11.0 Å². The minimum atomic E-state index is -0.362. The summed E-state index contributed by atoms with van der Waals surface area (Å²) in [6.45, 7) is 0. The summed E-state index contributed by atoms with van der Waals surface area (Å²) in [5.41, 5.74) is 4.10. The third kappa shape index (κ3) is 2.29. The van der Waals surface area contributed by atoms with Gasteiger partial charge in [-0.3, -0.25) is 5.84 Å². The van der Waals surface area contributed by atoms with Gasteiger partial charge in [0, 0.05) is 5.39 Å². The van der Waals surface area contributed by atoms with Crippen molar-refractivity contribution >= 4 is 22.6 Å². The minimum Gasteiger partial charge on any atom is -0.457 e. The second-order valence-electron chi connectivity index (χ2n) is 4.46. The van der Waals surface area contributed by atoms with Gasteiger partial charge in [0.25, 0.3) is 0 Å². The molecule has 2 aromatic carbocycles. The molecule has 0 bridgehead atoms. The first-order chi connectivity index (χ1) is 9.69. The van der Waals surface area contributed by atoms with Crippen molar-refractivity contribution in [3.8, 4) is 0 Å². The Morgan fingerprint density at radius 3 is 2.55 bits per heavy atom. The number of fused-ring (bicyclic) bond motifs is 1. The quantitative estimate of drug-likeness (QED) is 0.570. The molecule has 3 N–H and O–H groups in total. The number of halogens is 2. The summed E-state index contributed by atoms with van der Waals surface area (Å²) < 4.78 is 18.8. The minimum absolute atomic E-state index is 0.294. The van der Waals surface area contributed by atoms with E-state index in [1.54, 1.807) is 18.2 Å². The highest BCUT2D eigenvalue weighted by atomic mass is 35.5. The summed E-state index contributed by atoms with van der Waals surface area (Å²) >= 11 is 6.09. The molecule has 0 saturated heterocycles. The molecule has 3 rings (SSSR count). The monoisotopic (exact) mass is 290 g/mol. The standard InChI is InChI=1S/C15H12ClFN2O/c16-12-3-1-2-10-8-13(20-15(10)12)14(19-18)9-4-6-11(17)7-5-9/h1-8,14,19H,18H2. The van der Waals surface area contributed by atoms with Crippen molar-refractivity contribution in [3.63, 3.8) is 0 Å². The molecule has 0 spiro atoms. The first-order valence-corrected chi connectivity index (χ1v) is 6.46. The van der Waals surface area contributed by atoms with Gasteiger partial charge in [-0.2, -0.15) is 0 Å². The van der Waals surface area contributed by atoms with E-state index in [4.69, 9.17) is 21.9 Å². The first kappa shape index (κ1) is 13.1. The molecule has 0 saturated carbocycles. The summed E-state index contributed by atoms with van der Waals surface area (Å²) in [5, 5.41) is 1.44. The number of hydrogen-bond acceptors (Lipinski definition) is 3. The molecule has 1 atom stereocenters. The number of benzene rings is 2. The number of furan rings is 1. The summed E-state index contributed by atoms with van der Waals surface area (Å²) in [5.74, 6) is 5.93. The van der Waals surface area contributed by atoms with Gasteiger partial charge in [-0.15, -0.1) is 0 Å². The Hall–Kier alpha value is -1.88. The van der Waals surface area contributed by atoms with Crippen LogP contribution in [0.2, 0.25) is 5.02 Å². The highest BCUT2D eigenvalue weighted by molar-refractivity contribution is 6.34. The van der Waals surface area contributed by atoms with E-state index in [-0.39, 0.29) is 11.9 Å². The van der Waals surface area contributed by atoms with Gasteiger partial charge in [-0.05, 0) is 29.8 Å². The zero-order valence-electron chi connectivity index (χ0n) is 10.4. The van der Waals surface area contributed by atoms with E-state index in [0.29, 0.717) is 16.4 Å². The number of hydrogen-bond donors (Lipinski definition) is 2. The Kier molecular flexibility index (Phi) is 3.44. The predicted molar refractivity (Wildman–Crippen MR) is 76.8 cm³/mol. The Morgan fingerprint density at radius 2 is 1.90 bits per heavy atom. The maximum atomic E-state index is 13.0. The van der Waals surface area contributed by atoms with Crippen molar-refractivity contribution in [1.82, 2.24) is 5.43 Å². The van der Waals surface area contributed by atoms with E-state index >= 15 is 0 Å². The van der Waals surface area contributed by atoms with Crippen molar-refractivity contribution in [1.29, 1.82) is 0 Å². The highest BCUT2D eigenvalue weighted by Crippen LogP contribution is 2.31. The van der Waals surface area contributed by atoms with Crippen LogP contribution < -0.4 is 11.3 Å². The van der Waals surface area contributed by atoms with Gasteiger partial charge in [0.1, 0.15) is 17.6 Å². The summed E-state index contributed by atoms with van der Waals surface area (Å²) in [4.78, 5) is 0. The maximum Gasteiger partial charge on any atom is 0.152 e. The van der Waals surface area contributed by atoms with Crippen molar-refractivity contribution in [2.24, 2.45) is 5.84 Å². The van der Waals surface area contributed by atoms with Gasteiger partial charge in [-0.25, -0.2) is 9.82 Å². The van der Waals surface area contributed by atoms with E-state index in [1.807, 2.05) is 18.2 Å². The fourth-order valence-electron chi connectivity index (χ4n) is 2.19. The second kappa shape index (κ2) is 5.25. The lowest BCUT2D eigenvalue weighted by Crippen LogP contribution is -2.28. The molecule has 3 aromatic rings. The third-order valence-electron chi connectivity index (χ3n) is 3.17. The molecule has 0 fully saturated rings. The zero-order valence-corrected chi connectivity index (χ0v) is 11.2. The first-order valence-electron chi connectivity index (χ1n) is 6.08. The lowest BCUT2D eigenvalue weighted by molar-refractivity contribution is 0.477. The van der Waals surface area contributed by atoms with E-state index in [1.165, 1.54) is 12.1 Å². The predicted octanol–water partition coefficient (Wildman–Crippen LogP) is 3.78. The zero-order chi connectivity index (χ0) is 14.1. The van der Waals surface area contributed by atoms with Crippen LogP contribution in [0, 0.1) is 5.82 Å². The van der Waals surface area contributed by atoms with Crippen molar-refractivity contribution in [2.75, 3.05) is 0 Å². The molecular weight excluding hydrogens is 279 g/mol. The number of rotatable bonds is 3. The van der Waals surface area contributed by atoms with Crippen LogP contribution in [-0.2, 0) is 0 Å². The average molecular weight is 291 g/mol. The van der Waals surface area contributed by atoms with Crippen LogP contribution in [-0.4, -0.2) is 0 Å². The van der Waals surface area contributed by atoms with E-state index in [2.05, 4.69) is 5.43 Å².